The van der Waals surface area contributed by atoms with E-state index in [1.54, 1.807) is 32.0 Å². The molecule has 7 heteroatoms. The summed E-state index contributed by atoms with van der Waals surface area (Å²) in [6.45, 7) is 2.97. The van der Waals surface area contributed by atoms with Crippen LogP contribution in [0.3, 0.4) is 0 Å². The summed E-state index contributed by atoms with van der Waals surface area (Å²) in [5, 5.41) is 5.26. The second kappa shape index (κ2) is 8.97. The minimum Gasteiger partial charge on any atom is -0.452 e. The fourth-order valence-corrected chi connectivity index (χ4v) is 2.77. The molecule has 0 bridgehead atoms. The number of esters is 1. The zero-order valence-electron chi connectivity index (χ0n) is 16.1. The van der Waals surface area contributed by atoms with Gasteiger partial charge in [-0.3, -0.25) is 10.1 Å². The van der Waals surface area contributed by atoms with Gasteiger partial charge in [0.2, 0.25) is 0 Å². The maximum Gasteiger partial charge on any atom is 0.339 e. The molecule has 0 aliphatic rings. The SMILES string of the molecule is CC(C)NC(=O)NC(=O)COC(=O)c1cc(-c2ccccc2)nc2ccccc12. The number of carbonyl (C=O) groups excluding carboxylic acids is 3. The highest BCUT2D eigenvalue weighted by molar-refractivity contribution is 6.05. The third-order valence-electron chi connectivity index (χ3n) is 4.01. The monoisotopic (exact) mass is 391 g/mol. The van der Waals surface area contributed by atoms with Crippen LogP contribution in [0.25, 0.3) is 22.2 Å². The molecule has 1 aromatic heterocycles. The van der Waals surface area contributed by atoms with Crippen molar-refractivity contribution in [2.75, 3.05) is 6.61 Å². The molecule has 0 aliphatic heterocycles. The first-order chi connectivity index (χ1) is 13.9. The first-order valence-corrected chi connectivity index (χ1v) is 9.16. The van der Waals surface area contributed by atoms with Crippen LogP contribution in [0.2, 0.25) is 0 Å². The van der Waals surface area contributed by atoms with Crippen molar-refractivity contribution in [2.45, 2.75) is 19.9 Å². The predicted molar refractivity (Wildman–Crippen MR) is 109 cm³/mol. The maximum absolute atomic E-state index is 12.7. The van der Waals surface area contributed by atoms with E-state index in [0.717, 1.165) is 5.56 Å². The summed E-state index contributed by atoms with van der Waals surface area (Å²) in [6, 6.07) is 17.5. The first-order valence-electron chi connectivity index (χ1n) is 9.16. The highest BCUT2D eigenvalue weighted by atomic mass is 16.5. The smallest absolute Gasteiger partial charge is 0.339 e. The van der Waals surface area contributed by atoms with Crippen LogP contribution in [0.5, 0.6) is 0 Å². The molecule has 0 atom stereocenters. The Morgan fingerprint density at radius 2 is 1.69 bits per heavy atom. The van der Waals surface area contributed by atoms with E-state index in [-0.39, 0.29) is 6.04 Å². The van der Waals surface area contributed by atoms with Crippen molar-refractivity contribution < 1.29 is 19.1 Å². The molecule has 0 radical (unpaired) electrons. The van der Waals surface area contributed by atoms with E-state index in [4.69, 9.17) is 4.74 Å². The third-order valence-corrected chi connectivity index (χ3v) is 4.01. The molecule has 0 saturated carbocycles. The molecule has 0 aliphatic carbocycles. The van der Waals surface area contributed by atoms with Gasteiger partial charge >= 0.3 is 12.0 Å². The van der Waals surface area contributed by atoms with Gasteiger partial charge in [0.05, 0.1) is 16.8 Å². The van der Waals surface area contributed by atoms with Crippen molar-refractivity contribution in [1.82, 2.24) is 15.6 Å². The summed E-state index contributed by atoms with van der Waals surface area (Å²) >= 11 is 0. The molecule has 2 aromatic carbocycles. The zero-order chi connectivity index (χ0) is 20.8. The molecule has 3 aromatic rings. The van der Waals surface area contributed by atoms with Gasteiger partial charge in [-0.1, -0.05) is 48.5 Å². The van der Waals surface area contributed by atoms with Crippen LogP contribution in [0.15, 0.2) is 60.7 Å². The Labute approximate surface area is 168 Å². The van der Waals surface area contributed by atoms with Crippen molar-refractivity contribution in [2.24, 2.45) is 0 Å². The lowest BCUT2D eigenvalue weighted by Gasteiger charge is -2.11. The molecule has 3 amide bonds. The number of ether oxygens (including phenoxy) is 1. The summed E-state index contributed by atoms with van der Waals surface area (Å²) in [5.41, 5.74) is 2.42. The van der Waals surface area contributed by atoms with Crippen LogP contribution >= 0.6 is 0 Å². The number of pyridine rings is 1. The molecular formula is C22H21N3O4. The van der Waals surface area contributed by atoms with Gasteiger partial charge in [-0.25, -0.2) is 14.6 Å². The number of amides is 3. The maximum atomic E-state index is 12.7. The third kappa shape index (κ3) is 5.16. The molecule has 7 nitrogen and oxygen atoms in total. The van der Waals surface area contributed by atoms with Crippen LogP contribution in [0, 0.1) is 0 Å². The van der Waals surface area contributed by atoms with E-state index in [1.165, 1.54) is 0 Å². The van der Waals surface area contributed by atoms with Crippen molar-refractivity contribution in [1.29, 1.82) is 0 Å². The Hall–Kier alpha value is -3.74. The number of nitrogens with one attached hydrogen (secondary N) is 2. The largest absolute Gasteiger partial charge is 0.452 e. The van der Waals surface area contributed by atoms with E-state index < -0.39 is 24.5 Å². The Morgan fingerprint density at radius 3 is 2.41 bits per heavy atom. The standard InChI is InChI=1S/C22H21N3O4/c1-14(2)23-22(28)25-20(26)13-29-21(27)17-12-19(15-8-4-3-5-9-15)24-18-11-7-6-10-16(17)18/h3-12,14H,13H2,1-2H3,(H2,23,25,26,28). The molecule has 0 unspecified atom stereocenters. The molecule has 3 rings (SSSR count). The Balaban J connectivity index is 1.80. The zero-order valence-corrected chi connectivity index (χ0v) is 16.1. The van der Waals surface area contributed by atoms with E-state index in [2.05, 4.69) is 15.6 Å². The number of nitrogens with zero attached hydrogens (tertiary/aromatic N) is 1. The average Bonchev–Trinajstić information content (AvgIpc) is 2.71. The van der Waals surface area contributed by atoms with Crippen molar-refractivity contribution in [3.8, 4) is 11.3 Å². The van der Waals surface area contributed by atoms with E-state index in [9.17, 15) is 14.4 Å². The number of benzene rings is 2. The van der Waals surface area contributed by atoms with Crippen molar-refractivity contribution in [3.63, 3.8) is 0 Å². The van der Waals surface area contributed by atoms with Crippen molar-refractivity contribution in [3.05, 3.63) is 66.2 Å². The normalized spacial score (nSPS) is 10.6. The van der Waals surface area contributed by atoms with Crippen LogP contribution in [-0.4, -0.2) is 35.5 Å². The highest BCUT2D eigenvalue weighted by Gasteiger charge is 2.17. The van der Waals surface area contributed by atoms with Gasteiger partial charge in [-0.15, -0.1) is 0 Å². The second-order valence-electron chi connectivity index (χ2n) is 6.69. The molecule has 29 heavy (non-hydrogen) atoms. The minimum atomic E-state index is -0.710. The number of urea groups is 1. The van der Waals surface area contributed by atoms with Gasteiger partial charge in [0.15, 0.2) is 6.61 Å². The minimum absolute atomic E-state index is 0.120. The molecule has 148 valence electrons. The van der Waals surface area contributed by atoms with Crippen LogP contribution < -0.4 is 10.6 Å². The van der Waals surface area contributed by atoms with Gasteiger partial charge < -0.3 is 10.1 Å². The summed E-state index contributed by atoms with van der Waals surface area (Å²) in [5.74, 6) is -1.38. The number of hydrogen-bond donors (Lipinski definition) is 2. The Morgan fingerprint density at radius 1 is 1.00 bits per heavy atom. The average molecular weight is 391 g/mol. The Bertz CT molecular complexity index is 1050. The number of imide groups is 1. The molecule has 2 N–H and O–H groups in total. The quantitative estimate of drug-likeness (QED) is 0.651. The molecule has 1 heterocycles. The number of rotatable bonds is 5. The van der Waals surface area contributed by atoms with E-state index in [1.807, 2.05) is 42.5 Å². The number of carbonyl (C=O) groups is 3. The van der Waals surface area contributed by atoms with Crippen LogP contribution in [0.1, 0.15) is 24.2 Å². The summed E-state index contributed by atoms with van der Waals surface area (Å²) in [7, 11) is 0. The topological polar surface area (TPSA) is 97.4 Å². The molecular weight excluding hydrogens is 370 g/mol. The van der Waals surface area contributed by atoms with Gasteiger partial charge in [-0.2, -0.15) is 0 Å². The summed E-state index contributed by atoms with van der Waals surface area (Å²) in [4.78, 5) is 40.7. The lowest BCUT2D eigenvalue weighted by Crippen LogP contribution is -2.44. The predicted octanol–water partition coefficient (Wildman–Crippen LogP) is 3.29. The van der Waals surface area contributed by atoms with Gasteiger partial charge in [0, 0.05) is 17.0 Å². The van der Waals surface area contributed by atoms with E-state index in [0.29, 0.717) is 22.2 Å². The van der Waals surface area contributed by atoms with Gasteiger partial charge in [0.1, 0.15) is 0 Å². The first kappa shape index (κ1) is 20.0. The second-order valence-corrected chi connectivity index (χ2v) is 6.69. The number of fused-ring (bicyclic) bond motifs is 1. The lowest BCUT2D eigenvalue weighted by atomic mass is 10.0. The fraction of sp³-hybridized carbons (Fsp3) is 0.182. The Kier molecular flexibility index (Phi) is 6.19. The van der Waals surface area contributed by atoms with Gasteiger partial charge in [-0.05, 0) is 26.0 Å². The molecule has 0 spiro atoms. The van der Waals surface area contributed by atoms with Gasteiger partial charge in [0.25, 0.3) is 5.91 Å². The van der Waals surface area contributed by atoms with Crippen molar-refractivity contribution >= 4 is 28.8 Å². The number of para-hydroxylation sites is 1. The van der Waals surface area contributed by atoms with E-state index >= 15 is 0 Å². The summed E-state index contributed by atoms with van der Waals surface area (Å²) < 4.78 is 5.14. The molecule has 0 fully saturated rings. The van der Waals surface area contributed by atoms with Crippen LogP contribution in [0.4, 0.5) is 4.79 Å². The fourth-order valence-electron chi connectivity index (χ4n) is 2.77. The lowest BCUT2D eigenvalue weighted by molar-refractivity contribution is -0.123. The highest BCUT2D eigenvalue weighted by Crippen LogP contribution is 2.25. The van der Waals surface area contributed by atoms with Crippen LogP contribution in [-0.2, 0) is 9.53 Å². The summed E-state index contributed by atoms with van der Waals surface area (Å²) in [6.07, 6.45) is 0. The number of aromatic nitrogens is 1. The number of hydrogen-bond acceptors (Lipinski definition) is 5. The molecule has 0 saturated heterocycles.